The Morgan fingerprint density at radius 1 is 1.09 bits per heavy atom. The van der Waals surface area contributed by atoms with Gasteiger partial charge in [-0.2, -0.15) is 10.4 Å². The number of anilines is 3. The maximum absolute atomic E-state index is 13.7. The summed E-state index contributed by atoms with van der Waals surface area (Å²) in [6, 6.07) is 16.4. The van der Waals surface area contributed by atoms with Crippen LogP contribution in [0.15, 0.2) is 54.7 Å². The van der Waals surface area contributed by atoms with Gasteiger partial charge in [-0.15, -0.1) is 0 Å². The maximum Gasteiger partial charge on any atom is 0.222 e. The lowest BCUT2D eigenvalue weighted by molar-refractivity contribution is 0.624. The molecule has 0 amide bonds. The average Bonchev–Trinajstić information content (AvgIpc) is 3.14. The van der Waals surface area contributed by atoms with E-state index in [4.69, 9.17) is 5.26 Å². The van der Waals surface area contributed by atoms with Crippen molar-refractivity contribution in [3.8, 4) is 17.2 Å². The second-order valence-corrected chi connectivity index (χ2v) is 7.77. The predicted molar refractivity (Wildman–Crippen MR) is 128 cm³/mol. The van der Waals surface area contributed by atoms with E-state index in [0.717, 1.165) is 38.5 Å². The van der Waals surface area contributed by atoms with Crippen molar-refractivity contribution in [1.29, 1.82) is 5.26 Å². The minimum Gasteiger partial charge on any atom is -0.357 e. The molecule has 5 aromatic rings. The number of nitrogens with one attached hydrogen (secondary N) is 2. The zero-order valence-corrected chi connectivity index (χ0v) is 18.3. The molecule has 3 aromatic carbocycles. The molecule has 0 bridgehead atoms. The summed E-state index contributed by atoms with van der Waals surface area (Å²) in [5, 5.41) is 21.9. The molecule has 8 heteroatoms. The lowest BCUT2D eigenvalue weighted by atomic mass is 9.96. The molecule has 0 spiro atoms. The molecule has 0 atom stereocenters. The van der Waals surface area contributed by atoms with Gasteiger partial charge < -0.3 is 10.6 Å². The smallest absolute Gasteiger partial charge is 0.222 e. The topological polar surface area (TPSA) is 91.5 Å². The number of hydrogen-bond acceptors (Lipinski definition) is 6. The molecule has 0 radical (unpaired) electrons. The van der Waals surface area contributed by atoms with E-state index in [0.29, 0.717) is 17.5 Å². The third kappa shape index (κ3) is 3.49. The molecular formula is C25H20FN7. The molecule has 0 saturated carbocycles. The van der Waals surface area contributed by atoms with Crippen LogP contribution in [0.4, 0.5) is 21.8 Å². The Kier molecular flexibility index (Phi) is 4.87. The molecule has 2 heterocycles. The van der Waals surface area contributed by atoms with Gasteiger partial charge in [-0.3, -0.25) is 4.68 Å². The van der Waals surface area contributed by atoms with Gasteiger partial charge in [0.15, 0.2) is 5.82 Å². The van der Waals surface area contributed by atoms with Crippen molar-refractivity contribution in [3.63, 3.8) is 0 Å². The van der Waals surface area contributed by atoms with Gasteiger partial charge in [0, 0.05) is 42.3 Å². The van der Waals surface area contributed by atoms with Crippen LogP contribution in [-0.4, -0.2) is 26.8 Å². The zero-order chi connectivity index (χ0) is 23.1. The Hall–Kier alpha value is -4.51. The number of nitriles is 1. The van der Waals surface area contributed by atoms with Gasteiger partial charge >= 0.3 is 0 Å². The van der Waals surface area contributed by atoms with E-state index >= 15 is 0 Å². The maximum atomic E-state index is 13.7. The van der Waals surface area contributed by atoms with Gasteiger partial charge in [-0.25, -0.2) is 14.4 Å². The summed E-state index contributed by atoms with van der Waals surface area (Å²) in [5.41, 5.74) is 5.61. The average molecular weight is 437 g/mol. The summed E-state index contributed by atoms with van der Waals surface area (Å²) in [5.74, 6) is 0.664. The van der Waals surface area contributed by atoms with Crippen molar-refractivity contribution in [2.45, 2.75) is 6.92 Å². The molecule has 162 valence electrons. The van der Waals surface area contributed by atoms with Crippen molar-refractivity contribution < 1.29 is 4.39 Å². The van der Waals surface area contributed by atoms with Crippen LogP contribution in [0.5, 0.6) is 0 Å². The minimum absolute atomic E-state index is 0.0171. The van der Waals surface area contributed by atoms with E-state index in [1.807, 2.05) is 36.1 Å². The number of nitrogens with zero attached hydrogens (tertiary/aromatic N) is 5. The third-order valence-corrected chi connectivity index (χ3v) is 5.66. The van der Waals surface area contributed by atoms with Gasteiger partial charge in [0.2, 0.25) is 5.95 Å². The van der Waals surface area contributed by atoms with Gasteiger partial charge in [0.1, 0.15) is 11.9 Å². The summed E-state index contributed by atoms with van der Waals surface area (Å²) >= 11 is 0. The molecule has 0 aliphatic carbocycles. The zero-order valence-electron chi connectivity index (χ0n) is 18.3. The molecule has 0 fully saturated rings. The molecule has 0 saturated heterocycles. The van der Waals surface area contributed by atoms with Crippen LogP contribution in [0.3, 0.4) is 0 Å². The Labute approximate surface area is 189 Å². The molecule has 0 aliphatic rings. The summed E-state index contributed by atoms with van der Waals surface area (Å²) < 4.78 is 15.6. The summed E-state index contributed by atoms with van der Waals surface area (Å²) in [7, 11) is 3.69. The number of hydrogen-bond donors (Lipinski definition) is 2. The normalized spacial score (nSPS) is 11.0. The van der Waals surface area contributed by atoms with Crippen LogP contribution in [0.1, 0.15) is 11.1 Å². The van der Waals surface area contributed by atoms with Gasteiger partial charge in [0.05, 0.1) is 16.6 Å². The first-order valence-electron chi connectivity index (χ1n) is 10.4. The first-order chi connectivity index (χ1) is 16.0. The Balaban J connectivity index is 1.64. The molecule has 7 nitrogen and oxygen atoms in total. The van der Waals surface area contributed by atoms with Gasteiger partial charge in [-0.1, -0.05) is 12.1 Å². The van der Waals surface area contributed by atoms with E-state index in [2.05, 4.69) is 50.8 Å². The fourth-order valence-corrected chi connectivity index (χ4v) is 4.06. The van der Waals surface area contributed by atoms with Crippen LogP contribution in [0, 0.1) is 24.1 Å². The Morgan fingerprint density at radius 2 is 1.94 bits per heavy atom. The van der Waals surface area contributed by atoms with Crippen LogP contribution < -0.4 is 10.6 Å². The van der Waals surface area contributed by atoms with E-state index in [-0.39, 0.29) is 5.56 Å². The highest BCUT2D eigenvalue weighted by molar-refractivity contribution is 6.03. The number of benzene rings is 3. The van der Waals surface area contributed by atoms with Gasteiger partial charge in [0.25, 0.3) is 0 Å². The summed E-state index contributed by atoms with van der Waals surface area (Å²) in [4.78, 5) is 8.84. The largest absolute Gasteiger partial charge is 0.357 e. The predicted octanol–water partition coefficient (Wildman–Crippen LogP) is 5.29. The number of fused-ring (bicyclic) bond motifs is 2. The molecule has 2 N–H and O–H groups in total. The fourth-order valence-electron chi connectivity index (χ4n) is 4.06. The van der Waals surface area contributed by atoms with Crippen molar-refractivity contribution in [1.82, 2.24) is 19.7 Å². The number of aromatic nitrogens is 4. The highest BCUT2D eigenvalue weighted by Crippen LogP contribution is 2.37. The summed E-state index contributed by atoms with van der Waals surface area (Å²) in [6.45, 7) is 2.07. The second kappa shape index (κ2) is 7.88. The molecule has 0 unspecified atom stereocenters. The van der Waals surface area contributed by atoms with Gasteiger partial charge in [-0.05, 0) is 54.4 Å². The van der Waals surface area contributed by atoms with E-state index in [1.165, 1.54) is 12.1 Å². The van der Waals surface area contributed by atoms with Crippen LogP contribution in [0.25, 0.3) is 32.9 Å². The molecule has 0 aliphatic heterocycles. The monoisotopic (exact) mass is 437 g/mol. The fraction of sp³-hybridized carbons (Fsp3) is 0.120. The van der Waals surface area contributed by atoms with Crippen molar-refractivity contribution in [2.75, 3.05) is 17.7 Å². The van der Waals surface area contributed by atoms with E-state index in [1.54, 1.807) is 13.1 Å². The first kappa shape index (κ1) is 20.4. The van der Waals surface area contributed by atoms with E-state index in [9.17, 15) is 4.39 Å². The number of aryl methyl sites for hydroxylation is 2. The van der Waals surface area contributed by atoms with Crippen LogP contribution in [0.2, 0.25) is 0 Å². The molecule has 2 aromatic heterocycles. The standard InChI is InChI=1S/C25H20FN7/c1-14-4-7-19-23(22(14)15-5-9-21-17(10-15)13-29-25(28-2)31-21)33(3)32-24(19)30-18-6-8-20(26)16(11-18)12-27/h4-11,13H,1-3H3,(H,30,32)(H,28,29,31). The lowest BCUT2D eigenvalue weighted by Crippen LogP contribution is -1.97. The lowest BCUT2D eigenvalue weighted by Gasteiger charge is -2.11. The quantitative estimate of drug-likeness (QED) is 0.397. The minimum atomic E-state index is -0.547. The van der Waals surface area contributed by atoms with Crippen LogP contribution in [-0.2, 0) is 7.05 Å². The van der Waals surface area contributed by atoms with Crippen molar-refractivity contribution in [3.05, 3.63) is 71.7 Å². The summed E-state index contributed by atoms with van der Waals surface area (Å²) in [6.07, 6.45) is 1.81. The first-order valence-corrected chi connectivity index (χ1v) is 10.4. The van der Waals surface area contributed by atoms with Crippen molar-refractivity contribution >= 4 is 39.3 Å². The molecular weight excluding hydrogens is 417 g/mol. The number of halogens is 1. The highest BCUT2D eigenvalue weighted by Gasteiger charge is 2.17. The van der Waals surface area contributed by atoms with E-state index < -0.39 is 5.82 Å². The molecule has 33 heavy (non-hydrogen) atoms. The molecule has 5 rings (SSSR count). The highest BCUT2D eigenvalue weighted by atomic mass is 19.1. The van der Waals surface area contributed by atoms with Crippen LogP contribution >= 0.6 is 0 Å². The third-order valence-electron chi connectivity index (χ3n) is 5.66. The second-order valence-electron chi connectivity index (χ2n) is 7.77. The van der Waals surface area contributed by atoms with Crippen molar-refractivity contribution in [2.24, 2.45) is 7.05 Å². The Morgan fingerprint density at radius 3 is 2.73 bits per heavy atom. The Bertz CT molecular complexity index is 1580. The SMILES string of the molecule is CNc1ncc2cc(-c3c(C)ccc4c(Nc5ccc(F)c(C#N)c5)nn(C)c34)ccc2n1. The number of rotatable bonds is 4.